The van der Waals surface area contributed by atoms with Gasteiger partial charge in [-0.1, -0.05) is 35.9 Å². The molecular formula is C16H18ClN3. The Bertz CT molecular complexity index is 640. The summed E-state index contributed by atoms with van der Waals surface area (Å²) in [6, 6.07) is 8.86. The van der Waals surface area contributed by atoms with E-state index < -0.39 is 0 Å². The molecule has 0 bridgehead atoms. The first-order valence-corrected chi connectivity index (χ1v) is 7.38. The van der Waals surface area contributed by atoms with E-state index in [1.54, 1.807) is 0 Å². The Balaban J connectivity index is 1.91. The van der Waals surface area contributed by atoms with Crippen LogP contribution < -0.4 is 5.32 Å². The van der Waals surface area contributed by atoms with Crippen molar-refractivity contribution < 1.29 is 0 Å². The Morgan fingerprint density at radius 2 is 1.90 bits per heavy atom. The lowest BCUT2D eigenvalue weighted by atomic mass is 9.88. The molecule has 1 aliphatic carbocycles. The molecule has 0 spiro atoms. The molecule has 0 saturated heterocycles. The summed E-state index contributed by atoms with van der Waals surface area (Å²) in [4.78, 5) is 8.87. The molecule has 1 aliphatic rings. The van der Waals surface area contributed by atoms with Crippen molar-refractivity contribution in [3.63, 3.8) is 0 Å². The maximum Gasteiger partial charge on any atom is 0.171 e. The largest absolute Gasteiger partial charge is 0.361 e. The minimum Gasteiger partial charge on any atom is -0.361 e. The lowest BCUT2D eigenvalue weighted by Gasteiger charge is -2.27. The van der Waals surface area contributed by atoms with E-state index in [1.807, 2.05) is 13.8 Å². The van der Waals surface area contributed by atoms with Crippen molar-refractivity contribution in [3.8, 4) is 0 Å². The van der Waals surface area contributed by atoms with E-state index in [0.29, 0.717) is 11.0 Å². The summed E-state index contributed by atoms with van der Waals surface area (Å²) in [6.45, 7) is 3.88. The van der Waals surface area contributed by atoms with E-state index in [4.69, 9.17) is 11.6 Å². The first-order valence-electron chi connectivity index (χ1n) is 7.00. The monoisotopic (exact) mass is 287 g/mol. The molecule has 1 aromatic heterocycles. The van der Waals surface area contributed by atoms with Crippen LogP contribution in [0.2, 0.25) is 5.15 Å². The standard InChI is InChI=1S/C16H18ClN3/c1-10-11(2)19-16(15(17)18-10)20-14-9-5-7-12-6-3-4-8-13(12)14/h3-4,6,8,14H,5,7,9H2,1-2H3,(H,19,20). The number of nitrogens with zero attached hydrogens (tertiary/aromatic N) is 2. The average molecular weight is 288 g/mol. The highest BCUT2D eigenvalue weighted by Crippen LogP contribution is 2.33. The van der Waals surface area contributed by atoms with Gasteiger partial charge in [-0.3, -0.25) is 0 Å². The first kappa shape index (κ1) is 13.4. The second kappa shape index (κ2) is 5.41. The molecule has 0 aliphatic heterocycles. The smallest absolute Gasteiger partial charge is 0.171 e. The summed E-state index contributed by atoms with van der Waals surface area (Å²) in [5.41, 5.74) is 4.57. The molecule has 0 radical (unpaired) electrons. The second-order valence-corrected chi connectivity index (χ2v) is 5.68. The molecule has 3 rings (SSSR count). The summed E-state index contributed by atoms with van der Waals surface area (Å²) in [7, 11) is 0. The highest BCUT2D eigenvalue weighted by Gasteiger charge is 2.21. The fourth-order valence-electron chi connectivity index (χ4n) is 2.74. The summed E-state index contributed by atoms with van der Waals surface area (Å²) in [5, 5.41) is 3.92. The summed E-state index contributed by atoms with van der Waals surface area (Å²) in [5.74, 6) is 0.691. The highest BCUT2D eigenvalue weighted by molar-refractivity contribution is 6.31. The van der Waals surface area contributed by atoms with Crippen LogP contribution in [0.15, 0.2) is 24.3 Å². The predicted molar refractivity (Wildman–Crippen MR) is 82.3 cm³/mol. The van der Waals surface area contributed by atoms with Crippen LogP contribution in [0, 0.1) is 13.8 Å². The van der Waals surface area contributed by atoms with Gasteiger partial charge in [-0.2, -0.15) is 0 Å². The van der Waals surface area contributed by atoms with Gasteiger partial charge >= 0.3 is 0 Å². The number of fused-ring (bicyclic) bond motifs is 1. The number of rotatable bonds is 2. The number of halogens is 1. The minimum absolute atomic E-state index is 0.272. The van der Waals surface area contributed by atoms with E-state index in [-0.39, 0.29) is 6.04 Å². The average Bonchev–Trinajstić information content (AvgIpc) is 2.45. The van der Waals surface area contributed by atoms with Crippen molar-refractivity contribution >= 4 is 17.4 Å². The molecule has 1 unspecified atom stereocenters. The van der Waals surface area contributed by atoms with E-state index in [9.17, 15) is 0 Å². The molecule has 0 saturated carbocycles. The highest BCUT2D eigenvalue weighted by atomic mass is 35.5. The molecule has 20 heavy (non-hydrogen) atoms. The Hall–Kier alpha value is -1.61. The third kappa shape index (κ3) is 2.50. The number of anilines is 1. The van der Waals surface area contributed by atoms with E-state index in [0.717, 1.165) is 24.2 Å². The molecule has 1 heterocycles. The van der Waals surface area contributed by atoms with Crippen LogP contribution in [-0.2, 0) is 6.42 Å². The van der Waals surface area contributed by atoms with Gasteiger partial charge in [-0.25, -0.2) is 9.97 Å². The van der Waals surface area contributed by atoms with Crippen LogP contribution in [0.25, 0.3) is 0 Å². The number of aromatic nitrogens is 2. The van der Waals surface area contributed by atoms with Crippen molar-refractivity contribution in [1.82, 2.24) is 9.97 Å². The fraction of sp³-hybridized carbons (Fsp3) is 0.375. The van der Waals surface area contributed by atoms with Crippen molar-refractivity contribution in [3.05, 3.63) is 51.9 Å². The van der Waals surface area contributed by atoms with Crippen LogP contribution in [0.3, 0.4) is 0 Å². The van der Waals surface area contributed by atoms with Crippen LogP contribution in [0.4, 0.5) is 5.82 Å². The summed E-state index contributed by atoms with van der Waals surface area (Å²) in [6.07, 6.45) is 3.44. The Kier molecular flexibility index (Phi) is 3.62. The van der Waals surface area contributed by atoms with E-state index in [2.05, 4.69) is 39.6 Å². The molecule has 0 amide bonds. The molecular weight excluding hydrogens is 270 g/mol. The third-order valence-corrected chi connectivity index (χ3v) is 4.21. The van der Waals surface area contributed by atoms with Gasteiger partial charge in [0.2, 0.25) is 0 Å². The predicted octanol–water partition coefficient (Wildman–Crippen LogP) is 4.24. The molecule has 4 heteroatoms. The third-order valence-electron chi connectivity index (χ3n) is 3.94. The van der Waals surface area contributed by atoms with Gasteiger partial charge in [-0.05, 0) is 44.2 Å². The van der Waals surface area contributed by atoms with Crippen LogP contribution in [0.1, 0.15) is 41.4 Å². The minimum atomic E-state index is 0.272. The van der Waals surface area contributed by atoms with E-state index in [1.165, 1.54) is 17.5 Å². The number of benzene rings is 1. The van der Waals surface area contributed by atoms with Gasteiger partial charge in [0.05, 0.1) is 17.4 Å². The van der Waals surface area contributed by atoms with Gasteiger partial charge in [0.25, 0.3) is 0 Å². The fourth-order valence-corrected chi connectivity index (χ4v) is 2.96. The van der Waals surface area contributed by atoms with Gasteiger partial charge in [0.15, 0.2) is 11.0 Å². The molecule has 3 nitrogen and oxygen atoms in total. The molecule has 104 valence electrons. The SMILES string of the molecule is Cc1nc(Cl)c(NC2CCCc3ccccc32)nc1C. The number of hydrogen-bond acceptors (Lipinski definition) is 3. The van der Waals surface area contributed by atoms with Crippen LogP contribution in [0.5, 0.6) is 0 Å². The first-order chi connectivity index (χ1) is 9.65. The zero-order valence-electron chi connectivity index (χ0n) is 11.8. The normalized spacial score (nSPS) is 17.6. The number of hydrogen-bond donors (Lipinski definition) is 1. The van der Waals surface area contributed by atoms with Crippen molar-refractivity contribution in [1.29, 1.82) is 0 Å². The molecule has 1 N–H and O–H groups in total. The van der Waals surface area contributed by atoms with Gasteiger partial charge in [0, 0.05) is 0 Å². The summed E-state index contributed by atoms with van der Waals surface area (Å²) < 4.78 is 0. The maximum atomic E-state index is 6.21. The lowest BCUT2D eigenvalue weighted by Crippen LogP contribution is -2.18. The second-order valence-electron chi connectivity index (χ2n) is 5.32. The zero-order chi connectivity index (χ0) is 14.1. The maximum absolute atomic E-state index is 6.21. The van der Waals surface area contributed by atoms with Crippen molar-refractivity contribution in [2.24, 2.45) is 0 Å². The number of aryl methyl sites for hydroxylation is 3. The molecule has 0 fully saturated rings. The van der Waals surface area contributed by atoms with Crippen LogP contribution >= 0.6 is 11.6 Å². The topological polar surface area (TPSA) is 37.8 Å². The summed E-state index contributed by atoms with van der Waals surface area (Å²) >= 11 is 6.21. The quantitative estimate of drug-likeness (QED) is 0.898. The lowest BCUT2D eigenvalue weighted by molar-refractivity contribution is 0.598. The zero-order valence-corrected chi connectivity index (χ0v) is 12.5. The molecule has 1 atom stereocenters. The van der Waals surface area contributed by atoms with Gasteiger partial charge < -0.3 is 5.32 Å². The Labute approximate surface area is 124 Å². The molecule has 1 aromatic carbocycles. The molecule has 2 aromatic rings. The number of nitrogens with one attached hydrogen (secondary N) is 1. The van der Waals surface area contributed by atoms with E-state index >= 15 is 0 Å². The Morgan fingerprint density at radius 3 is 2.75 bits per heavy atom. The van der Waals surface area contributed by atoms with Gasteiger partial charge in [-0.15, -0.1) is 0 Å². The van der Waals surface area contributed by atoms with Crippen molar-refractivity contribution in [2.75, 3.05) is 5.32 Å². The van der Waals surface area contributed by atoms with Crippen LogP contribution in [-0.4, -0.2) is 9.97 Å². The Morgan fingerprint density at radius 1 is 1.15 bits per heavy atom. The van der Waals surface area contributed by atoms with Gasteiger partial charge in [0.1, 0.15) is 0 Å². The van der Waals surface area contributed by atoms with Crippen molar-refractivity contribution in [2.45, 2.75) is 39.2 Å².